The number of nitrogens with two attached hydrogens (primary N) is 1. The van der Waals surface area contributed by atoms with Gasteiger partial charge in [-0.1, -0.05) is 45.4 Å². The number of anilines is 1. The fraction of sp³-hybridized carbons (Fsp3) is 0.562. The summed E-state index contributed by atoms with van der Waals surface area (Å²) in [6, 6.07) is 7.50. The van der Waals surface area contributed by atoms with Crippen LogP contribution in [-0.4, -0.2) is 29.9 Å². The summed E-state index contributed by atoms with van der Waals surface area (Å²) < 4.78 is 0. The van der Waals surface area contributed by atoms with E-state index in [-0.39, 0.29) is 5.91 Å². The van der Waals surface area contributed by atoms with Gasteiger partial charge in [-0.25, -0.2) is 0 Å². The molecule has 1 rings (SSSR count). The Balaban J connectivity index is 2.77. The number of hydrogen-bond acceptors (Lipinski definition) is 3. The maximum Gasteiger partial charge on any atom is 0.241 e. The molecule has 0 heterocycles. The lowest BCUT2D eigenvalue weighted by Crippen LogP contribution is -2.35. The lowest BCUT2D eigenvalue weighted by Gasteiger charge is -2.21. The van der Waals surface area contributed by atoms with Gasteiger partial charge in [0.15, 0.2) is 0 Å². The summed E-state index contributed by atoms with van der Waals surface area (Å²) in [5, 5.41) is 2.96. The van der Waals surface area contributed by atoms with E-state index in [1.54, 1.807) is 0 Å². The quantitative estimate of drug-likeness (QED) is 0.768. The molecule has 0 aliphatic carbocycles. The molecule has 1 aromatic carbocycles. The summed E-state index contributed by atoms with van der Waals surface area (Å²) in [5.74, 6) is -0.0983. The second-order valence-electron chi connectivity index (χ2n) is 5.00. The number of carbonyl (C=O) groups is 1. The van der Waals surface area contributed by atoms with Gasteiger partial charge >= 0.3 is 0 Å². The van der Waals surface area contributed by atoms with Crippen molar-refractivity contribution in [3.05, 3.63) is 29.8 Å². The minimum absolute atomic E-state index is 0.0983. The average Bonchev–Trinajstić information content (AvgIpc) is 2.46. The Morgan fingerprint density at radius 3 is 2.50 bits per heavy atom. The maximum absolute atomic E-state index is 12.0. The molecule has 0 aliphatic heterocycles. The van der Waals surface area contributed by atoms with Gasteiger partial charge in [0.1, 0.15) is 0 Å². The minimum Gasteiger partial charge on any atom is -0.324 e. The third-order valence-electron chi connectivity index (χ3n) is 3.50. The highest BCUT2D eigenvalue weighted by atomic mass is 16.2. The van der Waals surface area contributed by atoms with Gasteiger partial charge < -0.3 is 11.1 Å². The number of rotatable bonds is 8. The van der Waals surface area contributed by atoms with E-state index in [0.29, 0.717) is 6.42 Å². The Morgan fingerprint density at radius 2 is 1.90 bits per heavy atom. The van der Waals surface area contributed by atoms with E-state index in [0.717, 1.165) is 37.3 Å². The van der Waals surface area contributed by atoms with Crippen LogP contribution in [0.4, 0.5) is 5.69 Å². The van der Waals surface area contributed by atoms with E-state index >= 15 is 0 Å². The van der Waals surface area contributed by atoms with Crippen LogP contribution < -0.4 is 11.1 Å². The standard InChI is InChI=1S/C16H27N3O/c1-4-9-14(17)16(20)18-15-11-8-7-10-13(15)12-19(5-2)6-3/h7-8,10-11,14H,4-6,9,12,17H2,1-3H3,(H,18,20). The molecular weight excluding hydrogens is 250 g/mol. The van der Waals surface area contributed by atoms with Gasteiger partial charge in [-0.3, -0.25) is 9.69 Å². The molecule has 0 fully saturated rings. The lowest BCUT2D eigenvalue weighted by atomic mass is 10.1. The second-order valence-corrected chi connectivity index (χ2v) is 5.00. The number of para-hydroxylation sites is 1. The van der Waals surface area contributed by atoms with E-state index in [9.17, 15) is 4.79 Å². The highest BCUT2D eigenvalue weighted by Gasteiger charge is 2.14. The first-order valence-corrected chi connectivity index (χ1v) is 7.49. The molecule has 20 heavy (non-hydrogen) atoms. The molecule has 0 aliphatic rings. The van der Waals surface area contributed by atoms with Crippen molar-refractivity contribution in [2.45, 2.75) is 46.2 Å². The molecule has 1 aromatic rings. The zero-order valence-electron chi connectivity index (χ0n) is 12.9. The average molecular weight is 277 g/mol. The van der Waals surface area contributed by atoms with Gasteiger partial charge in [-0.15, -0.1) is 0 Å². The van der Waals surface area contributed by atoms with Crippen LogP contribution in [0.25, 0.3) is 0 Å². The van der Waals surface area contributed by atoms with Crippen molar-refractivity contribution < 1.29 is 4.79 Å². The Hall–Kier alpha value is -1.39. The van der Waals surface area contributed by atoms with Crippen LogP contribution in [0, 0.1) is 0 Å². The van der Waals surface area contributed by atoms with Crippen LogP contribution in [0.3, 0.4) is 0 Å². The third-order valence-corrected chi connectivity index (χ3v) is 3.50. The normalized spacial score (nSPS) is 12.4. The van der Waals surface area contributed by atoms with Gasteiger partial charge in [0.05, 0.1) is 6.04 Å². The highest BCUT2D eigenvalue weighted by molar-refractivity contribution is 5.95. The molecule has 0 saturated heterocycles. The number of carbonyl (C=O) groups excluding carboxylic acids is 1. The van der Waals surface area contributed by atoms with Crippen molar-refractivity contribution in [3.63, 3.8) is 0 Å². The number of nitrogens with zero attached hydrogens (tertiary/aromatic N) is 1. The van der Waals surface area contributed by atoms with Crippen LogP contribution in [0.1, 0.15) is 39.2 Å². The first kappa shape index (κ1) is 16.7. The second kappa shape index (κ2) is 8.72. The predicted molar refractivity (Wildman–Crippen MR) is 84.6 cm³/mol. The number of amides is 1. The van der Waals surface area contributed by atoms with Crippen molar-refractivity contribution in [1.82, 2.24) is 4.90 Å². The van der Waals surface area contributed by atoms with Crippen molar-refractivity contribution in [2.75, 3.05) is 18.4 Å². The highest BCUT2D eigenvalue weighted by Crippen LogP contribution is 2.17. The molecule has 0 aromatic heterocycles. The first-order valence-electron chi connectivity index (χ1n) is 7.49. The van der Waals surface area contributed by atoms with Crippen molar-refractivity contribution in [2.24, 2.45) is 5.73 Å². The Labute approximate surface area is 122 Å². The zero-order valence-corrected chi connectivity index (χ0v) is 12.9. The van der Waals surface area contributed by atoms with Crippen LogP contribution in [0.2, 0.25) is 0 Å². The van der Waals surface area contributed by atoms with E-state index in [1.807, 2.05) is 25.1 Å². The Morgan fingerprint density at radius 1 is 1.25 bits per heavy atom. The van der Waals surface area contributed by atoms with Crippen molar-refractivity contribution in [1.29, 1.82) is 0 Å². The largest absolute Gasteiger partial charge is 0.324 e. The van der Waals surface area contributed by atoms with Crippen LogP contribution in [-0.2, 0) is 11.3 Å². The van der Waals surface area contributed by atoms with E-state index in [1.165, 1.54) is 0 Å². The molecule has 0 radical (unpaired) electrons. The molecular formula is C16H27N3O. The third kappa shape index (κ3) is 4.94. The fourth-order valence-electron chi connectivity index (χ4n) is 2.14. The lowest BCUT2D eigenvalue weighted by molar-refractivity contribution is -0.117. The maximum atomic E-state index is 12.0. The Kier molecular flexibility index (Phi) is 7.26. The molecule has 0 spiro atoms. The first-order chi connectivity index (χ1) is 9.62. The summed E-state index contributed by atoms with van der Waals surface area (Å²) in [5.41, 5.74) is 7.86. The summed E-state index contributed by atoms with van der Waals surface area (Å²) in [6.07, 6.45) is 1.62. The zero-order chi connectivity index (χ0) is 15.0. The van der Waals surface area contributed by atoms with E-state index in [2.05, 4.69) is 30.1 Å². The molecule has 0 bridgehead atoms. The van der Waals surface area contributed by atoms with Crippen molar-refractivity contribution in [3.8, 4) is 0 Å². The molecule has 1 amide bonds. The van der Waals surface area contributed by atoms with Crippen LogP contribution >= 0.6 is 0 Å². The molecule has 112 valence electrons. The minimum atomic E-state index is -0.429. The van der Waals surface area contributed by atoms with Crippen LogP contribution in [0.15, 0.2) is 24.3 Å². The SMILES string of the molecule is CCCC(N)C(=O)Nc1ccccc1CN(CC)CC. The molecule has 4 nitrogen and oxygen atoms in total. The molecule has 1 unspecified atom stereocenters. The van der Waals surface area contributed by atoms with E-state index in [4.69, 9.17) is 5.73 Å². The van der Waals surface area contributed by atoms with Gasteiger partial charge in [0.2, 0.25) is 5.91 Å². The smallest absolute Gasteiger partial charge is 0.241 e. The number of hydrogen-bond donors (Lipinski definition) is 2. The summed E-state index contributed by atoms with van der Waals surface area (Å²) in [4.78, 5) is 14.3. The monoisotopic (exact) mass is 277 g/mol. The van der Waals surface area contributed by atoms with Crippen molar-refractivity contribution >= 4 is 11.6 Å². The number of benzene rings is 1. The van der Waals surface area contributed by atoms with Gasteiger partial charge in [-0.05, 0) is 31.1 Å². The van der Waals surface area contributed by atoms with Gasteiger partial charge in [-0.2, -0.15) is 0 Å². The fourth-order valence-corrected chi connectivity index (χ4v) is 2.14. The van der Waals surface area contributed by atoms with Gasteiger partial charge in [0, 0.05) is 12.2 Å². The molecule has 0 saturated carbocycles. The summed E-state index contributed by atoms with van der Waals surface area (Å²) in [7, 11) is 0. The summed E-state index contributed by atoms with van der Waals surface area (Å²) in [6.45, 7) is 9.14. The molecule has 1 atom stereocenters. The Bertz CT molecular complexity index is 416. The topological polar surface area (TPSA) is 58.4 Å². The molecule has 4 heteroatoms. The van der Waals surface area contributed by atoms with Gasteiger partial charge in [0.25, 0.3) is 0 Å². The number of nitrogens with one attached hydrogen (secondary N) is 1. The van der Waals surface area contributed by atoms with Crippen LogP contribution in [0.5, 0.6) is 0 Å². The van der Waals surface area contributed by atoms with E-state index < -0.39 is 6.04 Å². The molecule has 3 N–H and O–H groups in total. The summed E-state index contributed by atoms with van der Waals surface area (Å²) >= 11 is 0. The predicted octanol–water partition coefficient (Wildman–Crippen LogP) is 2.59.